The maximum absolute atomic E-state index is 12.5. The van der Waals surface area contributed by atoms with Gasteiger partial charge in [0.15, 0.2) is 11.5 Å². The molecule has 0 bridgehead atoms. The van der Waals surface area contributed by atoms with E-state index in [4.69, 9.17) is 9.26 Å². The van der Waals surface area contributed by atoms with Crippen LogP contribution in [0.25, 0.3) is 0 Å². The Morgan fingerprint density at radius 3 is 2.77 bits per heavy atom. The van der Waals surface area contributed by atoms with Crippen LogP contribution < -0.4 is 15.1 Å². The first-order valence-corrected chi connectivity index (χ1v) is 8.77. The van der Waals surface area contributed by atoms with Crippen LogP contribution in [0.15, 0.2) is 16.8 Å². The van der Waals surface area contributed by atoms with Crippen LogP contribution >= 0.6 is 0 Å². The van der Waals surface area contributed by atoms with Gasteiger partial charge in [0.2, 0.25) is 5.95 Å². The van der Waals surface area contributed by atoms with Gasteiger partial charge in [-0.1, -0.05) is 5.16 Å². The molecule has 3 heterocycles. The second-order valence-electron chi connectivity index (χ2n) is 6.74. The molecule has 0 radical (unpaired) electrons. The number of ether oxygens (including phenoxy) is 1. The topological polar surface area (TPSA) is 96.6 Å². The van der Waals surface area contributed by atoms with Crippen molar-refractivity contribution in [3.63, 3.8) is 0 Å². The van der Waals surface area contributed by atoms with Gasteiger partial charge in [-0.2, -0.15) is 4.98 Å². The summed E-state index contributed by atoms with van der Waals surface area (Å²) in [5.41, 5.74) is 0.807. The number of morpholine rings is 1. The maximum Gasteiger partial charge on any atom is 0.277 e. The van der Waals surface area contributed by atoms with E-state index in [9.17, 15) is 4.79 Å². The molecule has 0 unspecified atom stereocenters. The Kier molecular flexibility index (Phi) is 4.46. The molecule has 138 valence electrons. The number of hydrogen-bond donors (Lipinski definition) is 1. The zero-order chi connectivity index (χ0) is 18.1. The summed E-state index contributed by atoms with van der Waals surface area (Å²) in [6.07, 6.45) is 3.82. The number of hydrogen-bond acceptors (Lipinski definition) is 8. The van der Waals surface area contributed by atoms with Crippen LogP contribution in [0.1, 0.15) is 35.0 Å². The van der Waals surface area contributed by atoms with Crippen molar-refractivity contribution in [3.05, 3.63) is 23.7 Å². The SMILES string of the molecule is CN(C)c1nc(N2CCOCC2)ncc1NC(=O)c1cc(C2CC2)on1. The van der Waals surface area contributed by atoms with Crippen molar-refractivity contribution in [2.45, 2.75) is 18.8 Å². The van der Waals surface area contributed by atoms with Gasteiger partial charge in [0.05, 0.1) is 19.4 Å². The molecule has 2 fully saturated rings. The van der Waals surface area contributed by atoms with Crippen molar-refractivity contribution in [2.75, 3.05) is 55.5 Å². The molecule has 2 aromatic heterocycles. The van der Waals surface area contributed by atoms with E-state index in [1.165, 1.54) is 0 Å². The molecule has 1 amide bonds. The highest BCUT2D eigenvalue weighted by Crippen LogP contribution is 2.40. The van der Waals surface area contributed by atoms with Gasteiger partial charge < -0.3 is 24.4 Å². The van der Waals surface area contributed by atoms with Crippen molar-refractivity contribution in [1.29, 1.82) is 0 Å². The number of anilines is 3. The second-order valence-corrected chi connectivity index (χ2v) is 6.74. The molecular weight excluding hydrogens is 336 g/mol. The monoisotopic (exact) mass is 358 g/mol. The van der Waals surface area contributed by atoms with Gasteiger partial charge in [-0.05, 0) is 12.8 Å². The lowest BCUT2D eigenvalue weighted by Crippen LogP contribution is -2.37. The van der Waals surface area contributed by atoms with Crippen LogP contribution in [-0.4, -0.2) is 61.4 Å². The molecule has 1 aliphatic heterocycles. The van der Waals surface area contributed by atoms with Crippen LogP contribution in [0, 0.1) is 0 Å². The molecule has 2 aliphatic rings. The fraction of sp³-hybridized carbons (Fsp3) is 0.529. The minimum absolute atomic E-state index is 0.272. The Morgan fingerprint density at radius 2 is 2.08 bits per heavy atom. The standard InChI is InChI=1S/C17H22N6O3/c1-22(2)15-13(10-18-17(20-15)23-5-7-25-8-6-23)19-16(24)12-9-14(26-21-12)11-3-4-11/h9-11H,3-8H2,1-2H3,(H,19,24). The van der Waals surface area contributed by atoms with E-state index >= 15 is 0 Å². The zero-order valence-corrected chi connectivity index (χ0v) is 14.9. The fourth-order valence-electron chi connectivity index (χ4n) is 2.85. The largest absolute Gasteiger partial charge is 0.378 e. The minimum atomic E-state index is -0.327. The molecule has 0 spiro atoms. The zero-order valence-electron chi connectivity index (χ0n) is 14.9. The first-order chi connectivity index (χ1) is 12.6. The molecule has 9 heteroatoms. The van der Waals surface area contributed by atoms with E-state index < -0.39 is 0 Å². The molecule has 1 saturated carbocycles. The number of carbonyl (C=O) groups excluding carboxylic acids is 1. The highest BCUT2D eigenvalue weighted by Gasteiger charge is 2.29. The van der Waals surface area contributed by atoms with Crippen LogP contribution in [0.3, 0.4) is 0 Å². The summed E-state index contributed by atoms with van der Waals surface area (Å²) >= 11 is 0. The van der Waals surface area contributed by atoms with Gasteiger partial charge in [0.1, 0.15) is 11.4 Å². The van der Waals surface area contributed by atoms with Crippen LogP contribution in [0.5, 0.6) is 0 Å². The normalized spacial score (nSPS) is 17.2. The summed E-state index contributed by atoms with van der Waals surface area (Å²) in [7, 11) is 3.75. The van der Waals surface area contributed by atoms with Crippen molar-refractivity contribution in [3.8, 4) is 0 Å². The number of amides is 1. The van der Waals surface area contributed by atoms with Crippen LogP contribution in [0.4, 0.5) is 17.5 Å². The predicted molar refractivity (Wildman–Crippen MR) is 95.8 cm³/mol. The number of carbonyl (C=O) groups is 1. The molecule has 1 N–H and O–H groups in total. The lowest BCUT2D eigenvalue weighted by Gasteiger charge is -2.28. The van der Waals surface area contributed by atoms with Gasteiger partial charge in [-0.3, -0.25) is 4.79 Å². The molecule has 1 aliphatic carbocycles. The second kappa shape index (κ2) is 6.91. The third-order valence-electron chi connectivity index (χ3n) is 4.46. The predicted octanol–water partition coefficient (Wildman–Crippen LogP) is 1.50. The summed E-state index contributed by atoms with van der Waals surface area (Å²) in [6, 6.07) is 1.71. The van der Waals surface area contributed by atoms with Gasteiger partial charge in [-0.15, -0.1) is 0 Å². The Balaban J connectivity index is 1.53. The fourth-order valence-corrected chi connectivity index (χ4v) is 2.85. The number of rotatable bonds is 5. The number of nitrogens with one attached hydrogen (secondary N) is 1. The Morgan fingerprint density at radius 1 is 1.31 bits per heavy atom. The van der Waals surface area contributed by atoms with Gasteiger partial charge in [-0.25, -0.2) is 4.98 Å². The number of nitrogens with zero attached hydrogens (tertiary/aromatic N) is 5. The average Bonchev–Trinajstić information content (AvgIpc) is 3.39. The van der Waals surface area contributed by atoms with Crippen molar-refractivity contribution in [1.82, 2.24) is 15.1 Å². The molecule has 9 nitrogen and oxygen atoms in total. The smallest absolute Gasteiger partial charge is 0.277 e. The van der Waals surface area contributed by atoms with E-state index in [1.807, 2.05) is 19.0 Å². The molecule has 0 aromatic carbocycles. The molecule has 26 heavy (non-hydrogen) atoms. The van der Waals surface area contributed by atoms with Gasteiger partial charge >= 0.3 is 0 Å². The minimum Gasteiger partial charge on any atom is -0.378 e. The van der Waals surface area contributed by atoms with Crippen molar-refractivity contribution in [2.24, 2.45) is 0 Å². The summed E-state index contributed by atoms with van der Waals surface area (Å²) in [6.45, 7) is 2.83. The van der Waals surface area contributed by atoms with E-state index in [2.05, 4.69) is 25.3 Å². The summed E-state index contributed by atoms with van der Waals surface area (Å²) in [4.78, 5) is 25.4. The third-order valence-corrected chi connectivity index (χ3v) is 4.46. The molecule has 0 atom stereocenters. The molecule has 1 saturated heterocycles. The summed E-state index contributed by atoms with van der Waals surface area (Å²) < 4.78 is 10.6. The molecule has 2 aromatic rings. The van der Waals surface area contributed by atoms with Crippen molar-refractivity contribution < 1.29 is 14.1 Å². The average molecular weight is 358 g/mol. The van der Waals surface area contributed by atoms with E-state index in [-0.39, 0.29) is 11.6 Å². The third kappa shape index (κ3) is 3.48. The lowest BCUT2D eigenvalue weighted by molar-refractivity contribution is 0.101. The lowest BCUT2D eigenvalue weighted by atomic mass is 10.2. The summed E-state index contributed by atoms with van der Waals surface area (Å²) in [5.74, 6) is 2.14. The quantitative estimate of drug-likeness (QED) is 0.859. The van der Waals surface area contributed by atoms with Crippen LogP contribution in [0.2, 0.25) is 0 Å². The Hall–Kier alpha value is -2.68. The van der Waals surface area contributed by atoms with E-state index in [0.717, 1.165) is 31.7 Å². The van der Waals surface area contributed by atoms with E-state index in [0.29, 0.717) is 36.6 Å². The summed E-state index contributed by atoms with van der Waals surface area (Å²) in [5, 5.41) is 6.72. The Labute approximate surface area is 151 Å². The van der Waals surface area contributed by atoms with Crippen molar-refractivity contribution >= 4 is 23.4 Å². The first kappa shape index (κ1) is 16.8. The highest BCUT2D eigenvalue weighted by atomic mass is 16.5. The van der Waals surface area contributed by atoms with Gasteiger partial charge in [0, 0.05) is 39.2 Å². The maximum atomic E-state index is 12.5. The highest BCUT2D eigenvalue weighted by molar-refractivity contribution is 6.04. The Bertz CT molecular complexity index is 796. The molecular formula is C17H22N6O3. The molecule has 4 rings (SSSR count). The van der Waals surface area contributed by atoms with Crippen LogP contribution in [-0.2, 0) is 4.74 Å². The van der Waals surface area contributed by atoms with Gasteiger partial charge in [0.25, 0.3) is 5.91 Å². The first-order valence-electron chi connectivity index (χ1n) is 8.77. The van der Waals surface area contributed by atoms with E-state index in [1.54, 1.807) is 12.3 Å². The number of aromatic nitrogens is 3.